The number of nitrogens with zero attached hydrogens (tertiary/aromatic N) is 1. The summed E-state index contributed by atoms with van der Waals surface area (Å²) in [4.78, 5) is 12.0. The second-order valence-electron chi connectivity index (χ2n) is 6.41. The Morgan fingerprint density at radius 2 is 2.00 bits per heavy atom. The zero-order valence-electron chi connectivity index (χ0n) is 13.4. The van der Waals surface area contributed by atoms with Gasteiger partial charge in [-0.3, -0.25) is 4.79 Å². The number of aromatic nitrogens is 1. The number of carbonyl (C=O) groups is 1. The van der Waals surface area contributed by atoms with Gasteiger partial charge in [0.25, 0.3) is 5.91 Å². The molecule has 0 saturated heterocycles. The highest BCUT2D eigenvalue weighted by atomic mass is 32.1. The Bertz CT molecular complexity index is 664. The Labute approximate surface area is 136 Å². The summed E-state index contributed by atoms with van der Waals surface area (Å²) >= 11 is 1.65. The Kier molecular flexibility index (Phi) is 4.39. The van der Waals surface area contributed by atoms with Crippen molar-refractivity contribution in [3.05, 3.63) is 33.8 Å². The van der Waals surface area contributed by atoms with Crippen LogP contribution in [-0.2, 0) is 6.54 Å². The Hall–Kier alpha value is -1.55. The van der Waals surface area contributed by atoms with Crippen LogP contribution in [0.5, 0.6) is 0 Å². The molecule has 1 aliphatic rings. The van der Waals surface area contributed by atoms with Crippen LogP contribution in [0.1, 0.15) is 53.8 Å². The van der Waals surface area contributed by atoms with Gasteiger partial charge in [-0.1, -0.05) is 19.3 Å². The van der Waals surface area contributed by atoms with Crippen LogP contribution in [0.3, 0.4) is 0 Å². The molecule has 22 heavy (non-hydrogen) atoms. The summed E-state index contributed by atoms with van der Waals surface area (Å²) in [5.74, 6) is 0.416. The van der Waals surface area contributed by atoms with E-state index in [2.05, 4.69) is 22.9 Å². The topological polar surface area (TPSA) is 48.0 Å². The van der Waals surface area contributed by atoms with Crippen LogP contribution in [-0.4, -0.2) is 10.5 Å². The number of nitrogens with two attached hydrogens (primary N) is 1. The highest BCUT2D eigenvalue weighted by molar-refractivity contribution is 7.08. The van der Waals surface area contributed by atoms with Crippen molar-refractivity contribution in [3.8, 4) is 11.1 Å². The quantitative estimate of drug-likeness (QED) is 0.886. The number of hydrogen-bond donors (Lipinski definition) is 1. The van der Waals surface area contributed by atoms with Crippen molar-refractivity contribution < 1.29 is 4.79 Å². The van der Waals surface area contributed by atoms with Gasteiger partial charge in [-0.15, -0.1) is 0 Å². The van der Waals surface area contributed by atoms with E-state index in [0.29, 0.717) is 5.56 Å². The second-order valence-corrected chi connectivity index (χ2v) is 7.19. The van der Waals surface area contributed by atoms with Crippen molar-refractivity contribution in [2.45, 2.75) is 52.5 Å². The lowest BCUT2D eigenvalue weighted by Crippen LogP contribution is -2.17. The van der Waals surface area contributed by atoms with E-state index in [-0.39, 0.29) is 5.91 Å². The smallest absolute Gasteiger partial charge is 0.251 e. The molecular weight excluding hydrogens is 292 g/mol. The highest BCUT2D eigenvalue weighted by Crippen LogP contribution is 2.35. The van der Waals surface area contributed by atoms with Crippen molar-refractivity contribution in [2.24, 2.45) is 11.7 Å². The van der Waals surface area contributed by atoms with Crippen LogP contribution in [0.15, 0.2) is 16.8 Å². The third-order valence-corrected chi connectivity index (χ3v) is 5.69. The lowest BCUT2D eigenvalue weighted by Gasteiger charge is -2.23. The van der Waals surface area contributed by atoms with E-state index < -0.39 is 0 Å². The number of carbonyl (C=O) groups excluding carboxylic acids is 1. The predicted octanol–water partition coefficient (Wildman–Crippen LogP) is 4.51. The first kappa shape index (κ1) is 15.3. The molecule has 0 atom stereocenters. The minimum atomic E-state index is -0.316. The van der Waals surface area contributed by atoms with Gasteiger partial charge < -0.3 is 10.3 Å². The minimum absolute atomic E-state index is 0.316. The Morgan fingerprint density at radius 3 is 2.59 bits per heavy atom. The van der Waals surface area contributed by atoms with Crippen molar-refractivity contribution in [3.63, 3.8) is 0 Å². The standard InChI is InChI=1S/C18H24N2OS/c1-12-16(15-8-9-22-11-15)17(18(19)21)13(2)20(12)10-14-6-4-3-5-7-14/h8-9,11,14H,3-7,10H2,1-2H3,(H2,19,21). The van der Waals surface area contributed by atoms with Gasteiger partial charge in [-0.25, -0.2) is 0 Å². The molecule has 2 N–H and O–H groups in total. The summed E-state index contributed by atoms with van der Waals surface area (Å²) in [5.41, 5.74) is 10.7. The fourth-order valence-electron chi connectivity index (χ4n) is 3.85. The van der Waals surface area contributed by atoms with Crippen LogP contribution in [0, 0.1) is 19.8 Å². The van der Waals surface area contributed by atoms with E-state index in [4.69, 9.17) is 5.73 Å². The second kappa shape index (κ2) is 6.29. The number of rotatable bonds is 4. The number of hydrogen-bond acceptors (Lipinski definition) is 2. The van der Waals surface area contributed by atoms with Crippen molar-refractivity contribution in [1.29, 1.82) is 0 Å². The molecule has 118 valence electrons. The van der Waals surface area contributed by atoms with Gasteiger partial charge in [0.1, 0.15) is 0 Å². The summed E-state index contributed by atoms with van der Waals surface area (Å²) in [5, 5.41) is 4.15. The summed E-state index contributed by atoms with van der Waals surface area (Å²) in [6.45, 7) is 5.17. The van der Waals surface area contributed by atoms with Crippen LogP contribution in [0.4, 0.5) is 0 Å². The molecule has 1 aliphatic carbocycles. The zero-order chi connectivity index (χ0) is 15.7. The van der Waals surface area contributed by atoms with Crippen LogP contribution in [0.25, 0.3) is 11.1 Å². The molecule has 1 saturated carbocycles. The molecule has 1 amide bonds. The molecule has 0 bridgehead atoms. The summed E-state index contributed by atoms with van der Waals surface area (Å²) in [6.07, 6.45) is 6.65. The lowest BCUT2D eigenvalue weighted by molar-refractivity contribution is 0.1000. The molecule has 1 fully saturated rings. The maximum atomic E-state index is 12.0. The van der Waals surface area contributed by atoms with Gasteiger partial charge in [-0.2, -0.15) is 11.3 Å². The van der Waals surface area contributed by atoms with Crippen LogP contribution >= 0.6 is 11.3 Å². The first-order valence-corrected chi connectivity index (χ1v) is 9.06. The van der Waals surface area contributed by atoms with Crippen LogP contribution < -0.4 is 5.73 Å². The SMILES string of the molecule is Cc1c(C(N)=O)c(-c2ccsc2)c(C)n1CC1CCCCC1. The molecule has 0 radical (unpaired) electrons. The van der Waals surface area contributed by atoms with E-state index in [9.17, 15) is 4.79 Å². The molecule has 2 heterocycles. The van der Waals surface area contributed by atoms with Crippen molar-refractivity contribution in [2.75, 3.05) is 0 Å². The van der Waals surface area contributed by atoms with E-state index in [1.54, 1.807) is 11.3 Å². The lowest BCUT2D eigenvalue weighted by atomic mass is 9.89. The number of amides is 1. The first-order chi connectivity index (χ1) is 10.6. The fraction of sp³-hybridized carbons (Fsp3) is 0.500. The molecule has 0 unspecified atom stereocenters. The third-order valence-electron chi connectivity index (χ3n) is 5.01. The predicted molar refractivity (Wildman–Crippen MR) is 92.3 cm³/mol. The number of primary amides is 1. The fourth-order valence-corrected chi connectivity index (χ4v) is 4.49. The maximum Gasteiger partial charge on any atom is 0.251 e. The van der Waals surface area contributed by atoms with Gasteiger partial charge in [0.05, 0.1) is 5.56 Å². The summed E-state index contributed by atoms with van der Waals surface area (Å²) in [6, 6.07) is 2.07. The Balaban J connectivity index is 2.03. The maximum absolute atomic E-state index is 12.0. The average molecular weight is 316 g/mol. The van der Waals surface area contributed by atoms with Gasteiger partial charge in [0, 0.05) is 23.5 Å². The number of thiophene rings is 1. The van der Waals surface area contributed by atoms with Gasteiger partial charge in [0.2, 0.25) is 0 Å². The normalized spacial score (nSPS) is 16.1. The molecule has 3 nitrogen and oxygen atoms in total. The van der Waals surface area contributed by atoms with Crippen LogP contribution in [0.2, 0.25) is 0 Å². The molecule has 0 aromatic carbocycles. The van der Waals surface area contributed by atoms with Gasteiger partial charge in [-0.05, 0) is 55.0 Å². The van der Waals surface area contributed by atoms with Crippen molar-refractivity contribution in [1.82, 2.24) is 4.57 Å². The largest absolute Gasteiger partial charge is 0.366 e. The Morgan fingerprint density at radius 1 is 1.27 bits per heavy atom. The average Bonchev–Trinajstić information content (AvgIpc) is 3.10. The molecule has 2 aromatic heterocycles. The molecule has 3 rings (SSSR count). The highest BCUT2D eigenvalue weighted by Gasteiger charge is 2.24. The molecule has 2 aromatic rings. The molecular formula is C18H24N2OS. The van der Waals surface area contributed by atoms with E-state index in [1.807, 2.05) is 12.3 Å². The first-order valence-electron chi connectivity index (χ1n) is 8.11. The molecule has 0 spiro atoms. The van der Waals surface area contributed by atoms with Crippen molar-refractivity contribution >= 4 is 17.2 Å². The van der Waals surface area contributed by atoms with Gasteiger partial charge >= 0.3 is 0 Å². The van der Waals surface area contributed by atoms with E-state index in [1.165, 1.54) is 37.8 Å². The van der Waals surface area contributed by atoms with E-state index >= 15 is 0 Å². The summed E-state index contributed by atoms with van der Waals surface area (Å²) < 4.78 is 2.32. The molecule has 0 aliphatic heterocycles. The van der Waals surface area contributed by atoms with Gasteiger partial charge in [0.15, 0.2) is 0 Å². The summed E-state index contributed by atoms with van der Waals surface area (Å²) in [7, 11) is 0. The third kappa shape index (κ3) is 2.72. The molecule has 4 heteroatoms. The monoisotopic (exact) mass is 316 g/mol. The van der Waals surface area contributed by atoms with E-state index in [0.717, 1.165) is 29.3 Å². The minimum Gasteiger partial charge on any atom is -0.366 e. The zero-order valence-corrected chi connectivity index (χ0v) is 14.2.